The van der Waals surface area contributed by atoms with Gasteiger partial charge in [-0.25, -0.2) is 27.6 Å². The second-order valence-electron chi connectivity index (χ2n) is 10.1. The average molecular weight is 541 g/mol. The van der Waals surface area contributed by atoms with Crippen LogP contribution in [0.2, 0.25) is 5.15 Å². The molecular formula is C24H30ClFN4O5S. The Bertz CT molecular complexity index is 1250. The minimum Gasteiger partial charge on any atom is -0.472 e. The fourth-order valence-corrected chi connectivity index (χ4v) is 5.53. The van der Waals surface area contributed by atoms with Crippen molar-refractivity contribution in [3.8, 4) is 5.88 Å². The number of fused-ring (bicyclic) bond motifs is 2. The van der Waals surface area contributed by atoms with Gasteiger partial charge < -0.3 is 14.8 Å². The van der Waals surface area contributed by atoms with E-state index in [9.17, 15) is 17.6 Å². The molecule has 2 unspecified atom stereocenters. The Balaban J connectivity index is 1.43. The van der Waals surface area contributed by atoms with E-state index < -0.39 is 21.3 Å². The Morgan fingerprint density at radius 1 is 1.28 bits per heavy atom. The Hall–Kier alpha value is -2.66. The Morgan fingerprint density at radius 2 is 2.03 bits per heavy atom. The summed E-state index contributed by atoms with van der Waals surface area (Å²) in [5.74, 6) is -0.347. The van der Waals surface area contributed by atoms with Gasteiger partial charge in [0.05, 0.1) is 22.2 Å². The molecule has 1 aromatic carbocycles. The summed E-state index contributed by atoms with van der Waals surface area (Å²) in [5.41, 5.74) is 0.144. The van der Waals surface area contributed by atoms with Gasteiger partial charge in [0.2, 0.25) is 5.88 Å². The van der Waals surface area contributed by atoms with Crippen LogP contribution in [0, 0.1) is 5.82 Å². The number of rotatable bonds is 7. The first-order valence-corrected chi connectivity index (χ1v) is 14.0. The molecule has 2 saturated heterocycles. The van der Waals surface area contributed by atoms with Crippen LogP contribution in [0.25, 0.3) is 0 Å². The van der Waals surface area contributed by atoms with Crippen molar-refractivity contribution in [1.82, 2.24) is 14.9 Å². The quantitative estimate of drug-likeness (QED) is 0.519. The van der Waals surface area contributed by atoms with E-state index in [0.29, 0.717) is 24.3 Å². The molecule has 12 heteroatoms. The lowest BCUT2D eigenvalue weighted by atomic mass is 9.98. The zero-order valence-corrected chi connectivity index (χ0v) is 22.2. The van der Waals surface area contributed by atoms with Gasteiger partial charge in [0.25, 0.3) is 0 Å². The fraction of sp³-hybridized carbons (Fsp3) is 0.542. The number of ether oxygens (including phenoxy) is 2. The van der Waals surface area contributed by atoms with E-state index in [4.69, 9.17) is 21.1 Å². The maximum Gasteiger partial charge on any atom is 0.410 e. The molecule has 9 nitrogen and oxygen atoms in total. The first kappa shape index (κ1) is 26.4. The van der Waals surface area contributed by atoms with Crippen molar-refractivity contribution in [3.63, 3.8) is 0 Å². The van der Waals surface area contributed by atoms with E-state index in [1.807, 2.05) is 20.8 Å². The number of amides is 1. The van der Waals surface area contributed by atoms with Crippen molar-refractivity contribution in [1.29, 1.82) is 0 Å². The number of hydrogen-bond acceptors (Lipinski definition) is 8. The van der Waals surface area contributed by atoms with Crippen LogP contribution in [-0.4, -0.2) is 66.0 Å². The zero-order chi connectivity index (χ0) is 26.3. The second kappa shape index (κ2) is 10.0. The SMILES string of the molecule is CC(C)(C)OC(=O)N1C2CCC1[C@@H](Oc1ncnc(Cl)c1CCNc1ccc(S(C)(=O)=O)cc1F)C2. The lowest BCUT2D eigenvalue weighted by Gasteiger charge is -2.28. The largest absolute Gasteiger partial charge is 0.472 e. The minimum absolute atomic E-state index is 0.0511. The number of halogens is 2. The monoisotopic (exact) mass is 540 g/mol. The number of hydrogen-bond donors (Lipinski definition) is 1. The summed E-state index contributed by atoms with van der Waals surface area (Å²) in [6, 6.07) is 3.64. The van der Waals surface area contributed by atoms with Crippen LogP contribution < -0.4 is 10.1 Å². The van der Waals surface area contributed by atoms with Gasteiger partial charge in [0, 0.05) is 25.3 Å². The molecule has 0 saturated carbocycles. The van der Waals surface area contributed by atoms with Crippen molar-refractivity contribution in [2.45, 2.75) is 75.1 Å². The van der Waals surface area contributed by atoms with Gasteiger partial charge in [0.1, 0.15) is 29.0 Å². The molecule has 0 radical (unpaired) electrons. The Labute approximate surface area is 215 Å². The average Bonchev–Trinajstić information content (AvgIpc) is 3.33. The highest BCUT2D eigenvalue weighted by atomic mass is 35.5. The number of carbonyl (C=O) groups is 1. The van der Waals surface area contributed by atoms with E-state index in [1.165, 1.54) is 18.5 Å². The molecular weight excluding hydrogens is 511 g/mol. The first-order chi connectivity index (χ1) is 16.8. The molecule has 2 bridgehead atoms. The van der Waals surface area contributed by atoms with E-state index >= 15 is 0 Å². The highest BCUT2D eigenvalue weighted by molar-refractivity contribution is 7.90. The fourth-order valence-electron chi connectivity index (χ4n) is 4.68. The van der Waals surface area contributed by atoms with Crippen molar-refractivity contribution >= 4 is 33.2 Å². The number of nitrogens with zero attached hydrogens (tertiary/aromatic N) is 3. The van der Waals surface area contributed by atoms with Crippen LogP contribution in [-0.2, 0) is 21.0 Å². The summed E-state index contributed by atoms with van der Waals surface area (Å²) in [4.78, 5) is 22.8. The molecule has 0 aliphatic carbocycles. The number of anilines is 1. The molecule has 1 N–H and O–H groups in total. The van der Waals surface area contributed by atoms with Crippen molar-refractivity contribution < 1.29 is 27.1 Å². The molecule has 1 aromatic heterocycles. The summed E-state index contributed by atoms with van der Waals surface area (Å²) in [6.45, 7) is 5.79. The Kier molecular flexibility index (Phi) is 7.34. The van der Waals surface area contributed by atoms with Crippen molar-refractivity contribution in [2.24, 2.45) is 0 Å². The molecule has 4 rings (SSSR count). The first-order valence-electron chi connectivity index (χ1n) is 11.7. The van der Waals surface area contributed by atoms with E-state index in [-0.39, 0.29) is 46.6 Å². The molecule has 2 aromatic rings. The van der Waals surface area contributed by atoms with Crippen LogP contribution in [0.5, 0.6) is 5.88 Å². The molecule has 196 valence electrons. The molecule has 2 fully saturated rings. The lowest BCUT2D eigenvalue weighted by Crippen LogP contribution is -2.42. The topological polar surface area (TPSA) is 111 Å². The molecule has 3 atom stereocenters. The lowest BCUT2D eigenvalue weighted by molar-refractivity contribution is 0.0180. The summed E-state index contributed by atoms with van der Waals surface area (Å²) in [7, 11) is -3.50. The number of benzene rings is 1. The zero-order valence-electron chi connectivity index (χ0n) is 20.6. The van der Waals surface area contributed by atoms with E-state index in [1.54, 1.807) is 4.90 Å². The molecule has 3 heterocycles. The maximum atomic E-state index is 14.4. The molecule has 36 heavy (non-hydrogen) atoms. The maximum absolute atomic E-state index is 14.4. The van der Waals surface area contributed by atoms with Gasteiger partial charge in [-0.3, -0.25) is 4.90 Å². The molecule has 2 aliphatic rings. The predicted molar refractivity (Wildman–Crippen MR) is 133 cm³/mol. The van der Waals surface area contributed by atoms with Crippen molar-refractivity contribution in [3.05, 3.63) is 41.1 Å². The molecule has 0 spiro atoms. The van der Waals surface area contributed by atoms with Crippen LogP contribution in [0.3, 0.4) is 0 Å². The number of aromatic nitrogens is 2. The third-order valence-electron chi connectivity index (χ3n) is 6.26. The third kappa shape index (κ3) is 5.83. The van der Waals surface area contributed by atoms with Gasteiger partial charge in [-0.15, -0.1) is 0 Å². The van der Waals surface area contributed by atoms with Gasteiger partial charge in [-0.2, -0.15) is 0 Å². The summed E-state index contributed by atoms with van der Waals surface area (Å²) < 4.78 is 49.5. The third-order valence-corrected chi connectivity index (χ3v) is 7.70. The van der Waals surface area contributed by atoms with Crippen LogP contribution in [0.4, 0.5) is 14.9 Å². The smallest absolute Gasteiger partial charge is 0.410 e. The molecule has 2 aliphatic heterocycles. The number of sulfone groups is 1. The van der Waals surface area contributed by atoms with Crippen LogP contribution in [0.15, 0.2) is 29.4 Å². The van der Waals surface area contributed by atoms with Crippen molar-refractivity contribution in [2.75, 3.05) is 18.1 Å². The standard InChI is InChI=1S/C24H30ClFN4O5S/c1-24(2,3)35-23(31)30-14-5-8-19(30)20(11-14)34-22-16(21(25)28-13-29-22)9-10-27-18-7-6-15(12-17(18)26)36(4,32)33/h6-7,12-14,19-20,27H,5,8-11H2,1-4H3/t14?,19?,20-/m0/s1. The number of carbonyl (C=O) groups excluding carboxylic acids is 1. The van der Waals surface area contributed by atoms with Gasteiger partial charge in [-0.05, 0) is 58.2 Å². The van der Waals surface area contributed by atoms with Crippen LogP contribution in [0.1, 0.15) is 45.6 Å². The second-order valence-corrected chi connectivity index (χ2v) is 12.5. The Morgan fingerprint density at radius 3 is 2.69 bits per heavy atom. The van der Waals surface area contributed by atoms with E-state index in [2.05, 4.69) is 15.3 Å². The summed E-state index contributed by atoms with van der Waals surface area (Å²) in [6.07, 6.45) is 4.46. The molecule has 1 amide bonds. The van der Waals surface area contributed by atoms with Gasteiger partial charge in [-0.1, -0.05) is 11.6 Å². The summed E-state index contributed by atoms with van der Waals surface area (Å²) >= 11 is 6.35. The van der Waals surface area contributed by atoms with Gasteiger partial charge >= 0.3 is 6.09 Å². The van der Waals surface area contributed by atoms with Crippen LogP contribution >= 0.6 is 11.6 Å². The highest BCUT2D eigenvalue weighted by Gasteiger charge is 2.51. The highest BCUT2D eigenvalue weighted by Crippen LogP contribution is 2.41. The van der Waals surface area contributed by atoms with E-state index in [0.717, 1.165) is 25.2 Å². The number of nitrogens with one attached hydrogen (secondary N) is 1. The predicted octanol–water partition coefficient (Wildman–Crippen LogP) is 4.25. The van der Waals surface area contributed by atoms with Gasteiger partial charge in [0.15, 0.2) is 9.84 Å². The minimum atomic E-state index is -3.50. The normalized spacial score (nSPS) is 21.5. The summed E-state index contributed by atoms with van der Waals surface area (Å²) in [5, 5.41) is 3.17.